The van der Waals surface area contributed by atoms with Crippen molar-refractivity contribution in [3.8, 4) is 5.75 Å². The number of hydrogen-bond acceptors (Lipinski definition) is 4. The van der Waals surface area contributed by atoms with Crippen LogP contribution in [0.5, 0.6) is 5.75 Å². The summed E-state index contributed by atoms with van der Waals surface area (Å²) in [5, 5.41) is 22.8. The standard InChI is InChI=1S/C25H31NO3/c1-18-7-6-10-22(28)23(18)24-14-16-26(15-12-20-8-4-3-5-9-20)19(2)25(24,29)13-11-21(27)17-24/h3-10,19,28-29H,11-17H2,1-2H3/t19-,24-,25-/m1/s1. The number of phenols is 1. The van der Waals surface area contributed by atoms with Crippen LogP contribution in [0, 0.1) is 6.92 Å². The average molecular weight is 394 g/mol. The van der Waals surface area contributed by atoms with Gasteiger partial charge in [0.05, 0.1) is 5.60 Å². The first-order chi connectivity index (χ1) is 13.9. The van der Waals surface area contributed by atoms with Crippen molar-refractivity contribution in [3.05, 3.63) is 65.2 Å². The topological polar surface area (TPSA) is 60.8 Å². The molecule has 1 aliphatic heterocycles. The average Bonchev–Trinajstić information content (AvgIpc) is 2.70. The Labute approximate surface area is 173 Å². The third-order valence-corrected chi connectivity index (χ3v) is 7.44. The van der Waals surface area contributed by atoms with Gasteiger partial charge in [-0.15, -0.1) is 0 Å². The largest absolute Gasteiger partial charge is 0.508 e. The second kappa shape index (κ2) is 7.58. The molecule has 2 aliphatic rings. The Bertz CT molecular complexity index is 876. The molecule has 0 unspecified atom stereocenters. The minimum Gasteiger partial charge on any atom is -0.508 e. The van der Waals surface area contributed by atoms with Crippen LogP contribution in [0.1, 0.15) is 49.3 Å². The van der Waals surface area contributed by atoms with Crippen LogP contribution in [-0.2, 0) is 16.6 Å². The van der Waals surface area contributed by atoms with E-state index >= 15 is 0 Å². The molecule has 0 spiro atoms. The van der Waals surface area contributed by atoms with Crippen molar-refractivity contribution in [2.75, 3.05) is 13.1 Å². The van der Waals surface area contributed by atoms with Crippen LogP contribution in [0.2, 0.25) is 0 Å². The maximum Gasteiger partial charge on any atom is 0.134 e. The van der Waals surface area contributed by atoms with Crippen molar-refractivity contribution in [3.63, 3.8) is 0 Å². The molecule has 4 rings (SSSR count). The molecule has 3 atom stereocenters. The van der Waals surface area contributed by atoms with Gasteiger partial charge in [-0.2, -0.15) is 0 Å². The van der Waals surface area contributed by atoms with E-state index in [-0.39, 0.29) is 17.6 Å². The highest BCUT2D eigenvalue weighted by Gasteiger charge is 2.61. The number of aryl methyl sites for hydroxylation is 1. The zero-order valence-electron chi connectivity index (χ0n) is 17.4. The Hall–Kier alpha value is -2.17. The van der Waals surface area contributed by atoms with E-state index < -0.39 is 11.0 Å². The Morgan fingerprint density at radius 3 is 2.59 bits per heavy atom. The van der Waals surface area contributed by atoms with Crippen LogP contribution in [0.15, 0.2) is 48.5 Å². The zero-order chi connectivity index (χ0) is 20.6. The Morgan fingerprint density at radius 2 is 1.86 bits per heavy atom. The first-order valence-corrected chi connectivity index (χ1v) is 10.7. The number of likely N-dealkylation sites (tertiary alicyclic amines) is 1. The molecule has 2 N–H and O–H groups in total. The van der Waals surface area contributed by atoms with Crippen LogP contribution in [-0.4, -0.2) is 45.6 Å². The number of Topliss-reactive ketones (excluding diaryl/α,β-unsaturated/α-hetero) is 1. The van der Waals surface area contributed by atoms with Crippen molar-refractivity contribution in [2.45, 2.75) is 63.0 Å². The van der Waals surface area contributed by atoms with Crippen molar-refractivity contribution < 1.29 is 15.0 Å². The van der Waals surface area contributed by atoms with E-state index in [1.54, 1.807) is 6.07 Å². The Balaban J connectivity index is 1.68. The molecular weight excluding hydrogens is 362 g/mol. The van der Waals surface area contributed by atoms with Crippen LogP contribution in [0.3, 0.4) is 0 Å². The summed E-state index contributed by atoms with van der Waals surface area (Å²) in [4.78, 5) is 14.9. The minimum atomic E-state index is -1.04. The summed E-state index contributed by atoms with van der Waals surface area (Å²) >= 11 is 0. The molecule has 2 fully saturated rings. The molecule has 1 saturated carbocycles. The van der Waals surface area contributed by atoms with E-state index in [0.29, 0.717) is 25.7 Å². The van der Waals surface area contributed by atoms with Crippen LogP contribution in [0.25, 0.3) is 0 Å². The van der Waals surface area contributed by atoms with Crippen LogP contribution < -0.4 is 0 Å². The van der Waals surface area contributed by atoms with Crippen LogP contribution >= 0.6 is 0 Å². The molecule has 154 valence electrons. The summed E-state index contributed by atoms with van der Waals surface area (Å²) in [5.74, 6) is 0.380. The molecule has 29 heavy (non-hydrogen) atoms. The molecule has 4 nitrogen and oxygen atoms in total. The number of fused-ring (bicyclic) bond motifs is 1. The maximum atomic E-state index is 12.6. The van der Waals surface area contributed by atoms with E-state index in [4.69, 9.17) is 0 Å². The van der Waals surface area contributed by atoms with E-state index in [2.05, 4.69) is 36.1 Å². The van der Waals surface area contributed by atoms with Gasteiger partial charge in [0.15, 0.2) is 0 Å². The molecule has 4 heteroatoms. The molecule has 0 radical (unpaired) electrons. The lowest BCUT2D eigenvalue weighted by Crippen LogP contribution is -2.70. The van der Waals surface area contributed by atoms with Gasteiger partial charge in [-0.25, -0.2) is 0 Å². The summed E-state index contributed by atoms with van der Waals surface area (Å²) < 4.78 is 0. The summed E-state index contributed by atoms with van der Waals surface area (Å²) in [6.45, 7) is 5.73. The van der Waals surface area contributed by atoms with Crippen molar-refractivity contribution in [1.82, 2.24) is 4.90 Å². The van der Waals surface area contributed by atoms with Gasteiger partial charge in [0.1, 0.15) is 11.5 Å². The summed E-state index contributed by atoms with van der Waals surface area (Å²) in [5.41, 5.74) is 1.24. The molecule has 1 saturated heterocycles. The van der Waals surface area contributed by atoms with Crippen LogP contribution in [0.4, 0.5) is 0 Å². The van der Waals surface area contributed by atoms with Crippen molar-refractivity contribution in [2.24, 2.45) is 0 Å². The molecule has 1 aliphatic carbocycles. The van der Waals surface area contributed by atoms with E-state index in [9.17, 15) is 15.0 Å². The Morgan fingerprint density at radius 1 is 1.10 bits per heavy atom. The molecule has 0 bridgehead atoms. The molecular formula is C25H31NO3. The maximum absolute atomic E-state index is 12.6. The number of benzene rings is 2. The monoisotopic (exact) mass is 393 g/mol. The predicted octanol–water partition coefficient (Wildman–Crippen LogP) is 3.76. The van der Waals surface area contributed by atoms with Gasteiger partial charge in [0.25, 0.3) is 0 Å². The first-order valence-electron chi connectivity index (χ1n) is 10.7. The number of nitrogens with zero attached hydrogens (tertiary/aromatic N) is 1. The minimum absolute atomic E-state index is 0.0907. The van der Waals surface area contributed by atoms with Gasteiger partial charge in [-0.3, -0.25) is 9.69 Å². The zero-order valence-corrected chi connectivity index (χ0v) is 17.4. The SMILES string of the molecule is Cc1cccc(O)c1[C@]12CCN(CCc3ccccc3)[C@H](C)[C@]1(O)CCC(=O)C2. The van der Waals surface area contributed by atoms with Gasteiger partial charge < -0.3 is 10.2 Å². The molecule has 0 amide bonds. The second-order valence-corrected chi connectivity index (χ2v) is 8.89. The highest BCUT2D eigenvalue weighted by molar-refractivity contribution is 5.82. The normalized spacial score (nSPS) is 30.2. The lowest BCUT2D eigenvalue weighted by atomic mass is 9.53. The fraction of sp³-hybridized carbons (Fsp3) is 0.480. The second-order valence-electron chi connectivity index (χ2n) is 8.89. The smallest absolute Gasteiger partial charge is 0.134 e. The number of hydrogen-bond donors (Lipinski definition) is 2. The Kier molecular flexibility index (Phi) is 5.26. The van der Waals surface area contributed by atoms with Crippen molar-refractivity contribution >= 4 is 5.78 Å². The van der Waals surface area contributed by atoms with Gasteiger partial charge >= 0.3 is 0 Å². The van der Waals surface area contributed by atoms with Gasteiger partial charge in [-0.05, 0) is 56.8 Å². The predicted molar refractivity (Wildman–Crippen MR) is 114 cm³/mol. The lowest BCUT2D eigenvalue weighted by molar-refractivity contribution is -0.164. The molecule has 1 heterocycles. The molecule has 2 aromatic rings. The van der Waals surface area contributed by atoms with E-state index in [1.807, 2.05) is 25.1 Å². The third kappa shape index (κ3) is 3.28. The number of aromatic hydroxyl groups is 1. The third-order valence-electron chi connectivity index (χ3n) is 7.44. The number of aliphatic hydroxyl groups is 1. The lowest BCUT2D eigenvalue weighted by Gasteiger charge is -2.60. The fourth-order valence-corrected chi connectivity index (χ4v) is 5.82. The number of carbonyl (C=O) groups excluding carboxylic acids is 1. The number of ketones is 1. The van der Waals surface area contributed by atoms with E-state index in [0.717, 1.165) is 30.6 Å². The quantitative estimate of drug-likeness (QED) is 0.830. The number of carbonyl (C=O) groups is 1. The number of phenolic OH excluding ortho intramolecular Hbond substituents is 1. The summed E-state index contributed by atoms with van der Waals surface area (Å²) in [6.07, 6.45) is 2.76. The van der Waals surface area contributed by atoms with E-state index in [1.165, 1.54) is 5.56 Å². The first kappa shape index (κ1) is 20.1. The summed E-state index contributed by atoms with van der Waals surface area (Å²) in [6, 6.07) is 15.8. The molecule has 0 aromatic heterocycles. The van der Waals surface area contributed by atoms with Gasteiger partial charge in [-0.1, -0.05) is 42.5 Å². The fourth-order valence-electron chi connectivity index (χ4n) is 5.82. The number of piperidine rings is 1. The molecule has 2 aromatic carbocycles. The van der Waals surface area contributed by atoms with Crippen molar-refractivity contribution in [1.29, 1.82) is 0 Å². The highest BCUT2D eigenvalue weighted by Crippen LogP contribution is 2.55. The highest BCUT2D eigenvalue weighted by atomic mass is 16.3. The number of rotatable bonds is 4. The summed E-state index contributed by atoms with van der Waals surface area (Å²) in [7, 11) is 0. The van der Waals surface area contributed by atoms with Gasteiger partial charge in [0.2, 0.25) is 0 Å². The van der Waals surface area contributed by atoms with Gasteiger partial charge in [0, 0.05) is 36.4 Å².